The third kappa shape index (κ3) is 3.94. The number of benzene rings is 3. The highest BCUT2D eigenvalue weighted by atomic mass is 32.2. The van der Waals surface area contributed by atoms with Gasteiger partial charge in [0.2, 0.25) is 19.7 Å². The highest BCUT2D eigenvalue weighted by Crippen LogP contribution is 2.33. The van der Waals surface area contributed by atoms with Gasteiger partial charge in [0.1, 0.15) is 17.3 Å². The molecule has 6 nitrogen and oxygen atoms in total. The molecule has 0 amide bonds. The summed E-state index contributed by atoms with van der Waals surface area (Å²) in [5, 5.41) is 9.00. The minimum Gasteiger partial charge on any atom is -0.490 e. The first kappa shape index (κ1) is 20.1. The van der Waals surface area contributed by atoms with Crippen LogP contribution in [0, 0.1) is 0 Å². The maximum atomic E-state index is 13.1. The van der Waals surface area contributed by atoms with E-state index in [9.17, 15) is 16.8 Å². The second-order valence-corrected chi connectivity index (χ2v) is 9.68. The smallest absolute Gasteiger partial charge is 0.210 e. The molecule has 0 aliphatic heterocycles. The van der Waals surface area contributed by atoms with Gasteiger partial charge in [0, 0.05) is 0 Å². The molecule has 0 spiro atoms. The van der Waals surface area contributed by atoms with E-state index in [0.29, 0.717) is 0 Å². The Labute approximate surface area is 163 Å². The number of rotatable bonds is 7. The largest absolute Gasteiger partial charge is 0.490 e. The second kappa shape index (κ2) is 8.14. The Morgan fingerprint density at radius 1 is 0.679 bits per heavy atom. The summed E-state index contributed by atoms with van der Waals surface area (Å²) >= 11 is 0. The minimum atomic E-state index is -4.04. The van der Waals surface area contributed by atoms with Gasteiger partial charge in [-0.3, -0.25) is 0 Å². The summed E-state index contributed by atoms with van der Waals surface area (Å²) in [6.07, 6.45) is 0. The van der Waals surface area contributed by atoms with Gasteiger partial charge >= 0.3 is 0 Å². The summed E-state index contributed by atoms with van der Waals surface area (Å²) in [6.45, 7) is -0.434. The van der Waals surface area contributed by atoms with Crippen LogP contribution in [0.15, 0.2) is 98.4 Å². The lowest BCUT2D eigenvalue weighted by Crippen LogP contribution is -2.10. The van der Waals surface area contributed by atoms with Crippen molar-refractivity contribution in [3.63, 3.8) is 0 Å². The molecule has 0 saturated heterocycles. The molecule has 3 aromatic carbocycles. The Kier molecular flexibility index (Phi) is 5.83. The van der Waals surface area contributed by atoms with Crippen molar-refractivity contribution in [1.82, 2.24) is 0 Å². The molecule has 0 aliphatic carbocycles. The van der Waals surface area contributed by atoms with E-state index >= 15 is 0 Å². The Hall–Kier alpha value is -2.68. The SMILES string of the molecule is O=S(=O)(c1ccccc1)c1ccc(OCCO)c(S(=O)(=O)c2ccccc2)c1. The number of hydrogen-bond donors (Lipinski definition) is 1. The van der Waals surface area contributed by atoms with E-state index in [1.165, 1.54) is 36.4 Å². The van der Waals surface area contributed by atoms with Crippen molar-refractivity contribution < 1.29 is 26.7 Å². The first-order valence-electron chi connectivity index (χ1n) is 8.35. The fraction of sp³-hybridized carbons (Fsp3) is 0.100. The molecule has 146 valence electrons. The van der Waals surface area contributed by atoms with Crippen LogP contribution < -0.4 is 4.74 Å². The molecule has 0 unspecified atom stereocenters. The first-order chi connectivity index (χ1) is 13.4. The van der Waals surface area contributed by atoms with E-state index in [0.717, 1.165) is 6.07 Å². The van der Waals surface area contributed by atoms with Gasteiger partial charge < -0.3 is 9.84 Å². The van der Waals surface area contributed by atoms with Gasteiger partial charge in [0.25, 0.3) is 0 Å². The standard InChI is InChI=1S/C20H18O6S2/c21-13-14-26-19-12-11-18(27(22,23)16-7-3-1-4-8-16)15-20(19)28(24,25)17-9-5-2-6-10-17/h1-12,15,21H,13-14H2. The normalized spacial score (nSPS) is 11.9. The summed E-state index contributed by atoms with van der Waals surface area (Å²) in [5.41, 5.74) is 0. The molecular formula is C20H18O6S2. The summed E-state index contributed by atoms with van der Waals surface area (Å²) in [4.78, 5) is -0.367. The van der Waals surface area contributed by atoms with Crippen LogP contribution in [0.3, 0.4) is 0 Å². The molecule has 0 saturated carbocycles. The maximum absolute atomic E-state index is 13.1. The van der Waals surface area contributed by atoms with E-state index in [-0.39, 0.29) is 38.5 Å². The van der Waals surface area contributed by atoms with Crippen LogP contribution in [-0.2, 0) is 19.7 Å². The van der Waals surface area contributed by atoms with Gasteiger partial charge in [-0.15, -0.1) is 0 Å². The zero-order valence-corrected chi connectivity index (χ0v) is 16.4. The Morgan fingerprint density at radius 3 is 1.75 bits per heavy atom. The molecule has 28 heavy (non-hydrogen) atoms. The molecule has 0 radical (unpaired) electrons. The summed E-state index contributed by atoms with van der Waals surface area (Å²) in [7, 11) is -7.95. The molecule has 8 heteroatoms. The van der Waals surface area contributed by atoms with Crippen LogP contribution >= 0.6 is 0 Å². The van der Waals surface area contributed by atoms with Crippen molar-refractivity contribution in [2.24, 2.45) is 0 Å². The predicted molar refractivity (Wildman–Crippen MR) is 103 cm³/mol. The number of sulfone groups is 2. The third-order valence-corrected chi connectivity index (χ3v) is 7.53. The Morgan fingerprint density at radius 2 is 1.21 bits per heavy atom. The highest BCUT2D eigenvalue weighted by Gasteiger charge is 2.26. The average Bonchev–Trinajstić information content (AvgIpc) is 2.73. The van der Waals surface area contributed by atoms with E-state index in [2.05, 4.69) is 0 Å². The number of ether oxygens (including phenoxy) is 1. The summed E-state index contributed by atoms with van der Waals surface area (Å²) in [5.74, 6) is -0.0232. The van der Waals surface area contributed by atoms with Crippen molar-refractivity contribution in [2.45, 2.75) is 19.6 Å². The first-order valence-corrected chi connectivity index (χ1v) is 11.3. The van der Waals surface area contributed by atoms with Crippen LogP contribution in [-0.4, -0.2) is 35.2 Å². The molecule has 3 rings (SSSR count). The monoisotopic (exact) mass is 418 g/mol. The van der Waals surface area contributed by atoms with Crippen molar-refractivity contribution in [2.75, 3.05) is 13.2 Å². The quantitative estimate of drug-likeness (QED) is 0.634. The number of aliphatic hydroxyl groups excluding tert-OH is 1. The molecule has 0 bridgehead atoms. The van der Waals surface area contributed by atoms with E-state index in [4.69, 9.17) is 9.84 Å². The molecule has 1 N–H and O–H groups in total. The molecule has 0 aliphatic rings. The van der Waals surface area contributed by atoms with Crippen LogP contribution in [0.2, 0.25) is 0 Å². The van der Waals surface area contributed by atoms with Crippen molar-refractivity contribution in [3.8, 4) is 5.75 Å². The van der Waals surface area contributed by atoms with Gasteiger partial charge in [0.15, 0.2) is 0 Å². The molecule has 0 heterocycles. The summed E-state index contributed by atoms with van der Waals surface area (Å²) < 4.78 is 57.3. The lowest BCUT2D eigenvalue weighted by molar-refractivity contribution is 0.198. The Bertz CT molecular complexity index is 1160. The van der Waals surface area contributed by atoms with E-state index in [1.807, 2.05) is 0 Å². The Balaban J connectivity index is 2.18. The van der Waals surface area contributed by atoms with Gasteiger partial charge in [-0.1, -0.05) is 36.4 Å². The zero-order valence-electron chi connectivity index (χ0n) is 14.7. The van der Waals surface area contributed by atoms with E-state index in [1.54, 1.807) is 36.4 Å². The molecule has 0 fully saturated rings. The van der Waals surface area contributed by atoms with Crippen LogP contribution in [0.25, 0.3) is 0 Å². The van der Waals surface area contributed by atoms with Gasteiger partial charge in [-0.25, -0.2) is 16.8 Å². The van der Waals surface area contributed by atoms with Crippen LogP contribution in [0.1, 0.15) is 0 Å². The lowest BCUT2D eigenvalue weighted by Gasteiger charge is -2.14. The predicted octanol–water partition coefficient (Wildman–Crippen LogP) is 2.72. The van der Waals surface area contributed by atoms with Gasteiger partial charge in [-0.2, -0.15) is 0 Å². The third-order valence-electron chi connectivity index (χ3n) is 3.97. The maximum Gasteiger partial charge on any atom is 0.210 e. The minimum absolute atomic E-state index is 0.0121. The fourth-order valence-corrected chi connectivity index (χ4v) is 5.43. The van der Waals surface area contributed by atoms with Crippen molar-refractivity contribution in [3.05, 3.63) is 78.9 Å². The average molecular weight is 418 g/mol. The topological polar surface area (TPSA) is 97.7 Å². The zero-order chi connectivity index (χ0) is 20.2. The number of aliphatic hydroxyl groups is 1. The fourth-order valence-electron chi connectivity index (χ4n) is 2.60. The second-order valence-electron chi connectivity index (χ2n) is 5.81. The van der Waals surface area contributed by atoms with Crippen molar-refractivity contribution in [1.29, 1.82) is 0 Å². The van der Waals surface area contributed by atoms with Crippen molar-refractivity contribution >= 4 is 19.7 Å². The van der Waals surface area contributed by atoms with Crippen LogP contribution in [0.4, 0.5) is 0 Å². The molecular weight excluding hydrogens is 400 g/mol. The van der Waals surface area contributed by atoms with E-state index < -0.39 is 19.7 Å². The molecule has 0 aromatic heterocycles. The molecule has 0 atom stereocenters. The highest BCUT2D eigenvalue weighted by molar-refractivity contribution is 7.92. The lowest BCUT2D eigenvalue weighted by atomic mass is 10.3. The summed E-state index contributed by atoms with van der Waals surface area (Å²) in [6, 6.07) is 19.1. The van der Waals surface area contributed by atoms with Gasteiger partial charge in [-0.05, 0) is 42.5 Å². The number of hydrogen-bond acceptors (Lipinski definition) is 6. The van der Waals surface area contributed by atoms with Crippen LogP contribution in [0.5, 0.6) is 5.75 Å². The van der Waals surface area contributed by atoms with Gasteiger partial charge in [0.05, 0.1) is 21.3 Å². The molecule has 3 aromatic rings.